The molecule has 0 aliphatic carbocycles. The van der Waals surface area contributed by atoms with E-state index in [4.69, 9.17) is 5.73 Å². The Morgan fingerprint density at radius 3 is 2.82 bits per heavy atom. The quantitative estimate of drug-likeness (QED) is 0.702. The lowest BCUT2D eigenvalue weighted by atomic mass is 9.95. The maximum absolute atomic E-state index is 11.9. The van der Waals surface area contributed by atoms with Crippen LogP contribution >= 0.6 is 0 Å². The number of aromatic amines is 1. The van der Waals surface area contributed by atoms with E-state index in [0.29, 0.717) is 12.4 Å². The topological polar surface area (TPSA) is 83.8 Å². The summed E-state index contributed by atoms with van der Waals surface area (Å²) in [5.74, 6) is 0.588. The van der Waals surface area contributed by atoms with Crippen molar-refractivity contribution >= 4 is 11.7 Å². The lowest BCUT2D eigenvalue weighted by Gasteiger charge is -2.17. The zero-order chi connectivity index (χ0) is 12.8. The number of hydrogen-bond donors (Lipinski definition) is 3. The summed E-state index contributed by atoms with van der Waals surface area (Å²) < 4.78 is 0. The van der Waals surface area contributed by atoms with Gasteiger partial charge in [-0.3, -0.25) is 9.89 Å². The molecule has 0 aliphatic heterocycles. The first-order valence-electron chi connectivity index (χ1n) is 6.13. The van der Waals surface area contributed by atoms with E-state index in [9.17, 15) is 4.79 Å². The van der Waals surface area contributed by atoms with E-state index in [1.165, 1.54) is 0 Å². The Hall–Kier alpha value is -1.36. The molecule has 1 rings (SSSR count). The Bertz CT molecular complexity index is 359. The Balaban J connectivity index is 2.60. The summed E-state index contributed by atoms with van der Waals surface area (Å²) in [7, 11) is 0. The van der Waals surface area contributed by atoms with Gasteiger partial charge in [-0.25, -0.2) is 0 Å². The zero-order valence-electron chi connectivity index (χ0n) is 10.8. The molecule has 17 heavy (non-hydrogen) atoms. The predicted octanol–water partition coefficient (Wildman–Crippen LogP) is 1.53. The molecule has 0 radical (unpaired) electrons. The standard InChI is InChI=1S/C12H22N4O/c1-4-5-9-6-11(16-15-9)14-12(17)10(7-13)8(2)3/h6,8,10H,4-5,7,13H2,1-3H3,(H2,14,15,16,17). The van der Waals surface area contributed by atoms with E-state index in [0.717, 1.165) is 18.5 Å². The van der Waals surface area contributed by atoms with Gasteiger partial charge in [-0.05, 0) is 12.3 Å². The second kappa shape index (κ2) is 6.39. The smallest absolute Gasteiger partial charge is 0.230 e. The first-order valence-corrected chi connectivity index (χ1v) is 6.13. The summed E-state index contributed by atoms with van der Waals surface area (Å²) in [6.07, 6.45) is 1.99. The Labute approximate surface area is 102 Å². The fraction of sp³-hybridized carbons (Fsp3) is 0.667. The van der Waals surface area contributed by atoms with Crippen LogP contribution in [0.3, 0.4) is 0 Å². The minimum atomic E-state index is -0.165. The molecular weight excluding hydrogens is 216 g/mol. The van der Waals surface area contributed by atoms with E-state index >= 15 is 0 Å². The molecule has 96 valence electrons. The van der Waals surface area contributed by atoms with Crippen LogP contribution in [0.2, 0.25) is 0 Å². The number of carbonyl (C=O) groups excluding carboxylic acids is 1. The van der Waals surface area contributed by atoms with Crippen molar-refractivity contribution in [3.63, 3.8) is 0 Å². The second-order valence-corrected chi connectivity index (χ2v) is 4.60. The Morgan fingerprint density at radius 2 is 2.29 bits per heavy atom. The number of rotatable bonds is 6. The van der Waals surface area contributed by atoms with Crippen molar-refractivity contribution in [1.29, 1.82) is 0 Å². The van der Waals surface area contributed by atoms with Gasteiger partial charge in [0.2, 0.25) is 5.91 Å². The molecule has 0 spiro atoms. The molecular formula is C12H22N4O. The van der Waals surface area contributed by atoms with E-state index in [2.05, 4.69) is 22.4 Å². The maximum Gasteiger partial charge on any atom is 0.230 e. The second-order valence-electron chi connectivity index (χ2n) is 4.60. The van der Waals surface area contributed by atoms with Crippen molar-refractivity contribution in [3.8, 4) is 0 Å². The van der Waals surface area contributed by atoms with Crippen LogP contribution in [-0.2, 0) is 11.2 Å². The van der Waals surface area contributed by atoms with Gasteiger partial charge in [0.25, 0.3) is 0 Å². The maximum atomic E-state index is 11.9. The monoisotopic (exact) mass is 238 g/mol. The predicted molar refractivity (Wildman–Crippen MR) is 68.6 cm³/mol. The van der Waals surface area contributed by atoms with Crippen LogP contribution < -0.4 is 11.1 Å². The van der Waals surface area contributed by atoms with Crippen LogP contribution in [0.25, 0.3) is 0 Å². The lowest BCUT2D eigenvalue weighted by Crippen LogP contribution is -2.33. The molecule has 0 saturated heterocycles. The minimum Gasteiger partial charge on any atom is -0.330 e. The average Bonchev–Trinajstić information content (AvgIpc) is 2.66. The number of nitrogens with zero attached hydrogens (tertiary/aromatic N) is 1. The molecule has 5 heteroatoms. The van der Waals surface area contributed by atoms with Crippen LogP contribution in [0.5, 0.6) is 0 Å². The Kier molecular flexibility index (Phi) is 5.15. The molecule has 1 atom stereocenters. The summed E-state index contributed by atoms with van der Waals surface area (Å²) in [6, 6.07) is 1.87. The Morgan fingerprint density at radius 1 is 1.59 bits per heavy atom. The van der Waals surface area contributed by atoms with Gasteiger partial charge in [-0.2, -0.15) is 5.10 Å². The van der Waals surface area contributed by atoms with Crippen LogP contribution in [0.15, 0.2) is 6.07 Å². The first-order chi connectivity index (χ1) is 8.08. The number of nitrogens with two attached hydrogens (primary N) is 1. The number of anilines is 1. The number of H-pyrrole nitrogens is 1. The van der Waals surface area contributed by atoms with E-state index in [1.807, 2.05) is 19.9 Å². The molecule has 4 N–H and O–H groups in total. The normalized spacial score (nSPS) is 12.8. The summed E-state index contributed by atoms with van der Waals surface area (Å²) in [6.45, 7) is 6.44. The molecule has 1 aromatic rings. The van der Waals surface area contributed by atoms with Crippen molar-refractivity contribution < 1.29 is 4.79 Å². The molecule has 1 unspecified atom stereocenters. The highest BCUT2D eigenvalue weighted by atomic mass is 16.2. The minimum absolute atomic E-state index is 0.0583. The lowest BCUT2D eigenvalue weighted by molar-refractivity contribution is -0.120. The van der Waals surface area contributed by atoms with E-state index in [-0.39, 0.29) is 17.7 Å². The molecule has 0 aromatic carbocycles. The SMILES string of the molecule is CCCc1cc(NC(=O)C(CN)C(C)C)n[nH]1. The summed E-state index contributed by atoms with van der Waals surface area (Å²) >= 11 is 0. The summed E-state index contributed by atoms with van der Waals surface area (Å²) in [5.41, 5.74) is 6.63. The number of hydrogen-bond acceptors (Lipinski definition) is 3. The van der Waals surface area contributed by atoms with Gasteiger partial charge in [0.15, 0.2) is 5.82 Å². The average molecular weight is 238 g/mol. The highest BCUT2D eigenvalue weighted by Gasteiger charge is 2.21. The van der Waals surface area contributed by atoms with Crippen molar-refractivity contribution in [3.05, 3.63) is 11.8 Å². The zero-order valence-corrected chi connectivity index (χ0v) is 10.8. The number of nitrogens with one attached hydrogen (secondary N) is 2. The van der Waals surface area contributed by atoms with Gasteiger partial charge >= 0.3 is 0 Å². The third-order valence-corrected chi connectivity index (χ3v) is 2.80. The fourth-order valence-corrected chi connectivity index (χ4v) is 1.72. The highest BCUT2D eigenvalue weighted by molar-refractivity contribution is 5.92. The van der Waals surface area contributed by atoms with Gasteiger partial charge in [0.05, 0.1) is 5.92 Å². The molecule has 0 aliphatic rings. The van der Waals surface area contributed by atoms with Gasteiger partial charge in [-0.15, -0.1) is 0 Å². The van der Waals surface area contributed by atoms with Crippen molar-refractivity contribution in [2.75, 3.05) is 11.9 Å². The summed E-state index contributed by atoms with van der Waals surface area (Å²) in [4.78, 5) is 11.9. The van der Waals surface area contributed by atoms with Crippen LogP contribution in [0, 0.1) is 11.8 Å². The number of aromatic nitrogens is 2. The van der Waals surface area contributed by atoms with Crippen molar-refractivity contribution in [2.45, 2.75) is 33.6 Å². The van der Waals surface area contributed by atoms with Crippen LogP contribution in [0.4, 0.5) is 5.82 Å². The molecule has 0 bridgehead atoms. The highest BCUT2D eigenvalue weighted by Crippen LogP contribution is 2.13. The van der Waals surface area contributed by atoms with Crippen LogP contribution in [-0.4, -0.2) is 22.6 Å². The number of carbonyl (C=O) groups is 1. The molecule has 5 nitrogen and oxygen atoms in total. The van der Waals surface area contributed by atoms with Gasteiger partial charge < -0.3 is 11.1 Å². The van der Waals surface area contributed by atoms with Gasteiger partial charge in [-0.1, -0.05) is 27.2 Å². The number of amides is 1. The third kappa shape index (κ3) is 3.85. The molecule has 1 heterocycles. The molecule has 0 saturated carbocycles. The van der Waals surface area contributed by atoms with Crippen LogP contribution in [0.1, 0.15) is 32.9 Å². The molecule has 1 amide bonds. The molecule has 0 fully saturated rings. The van der Waals surface area contributed by atoms with E-state index < -0.39 is 0 Å². The third-order valence-electron chi connectivity index (χ3n) is 2.80. The largest absolute Gasteiger partial charge is 0.330 e. The fourth-order valence-electron chi connectivity index (χ4n) is 1.72. The number of aryl methyl sites for hydroxylation is 1. The van der Waals surface area contributed by atoms with E-state index in [1.54, 1.807) is 0 Å². The summed E-state index contributed by atoms with van der Waals surface area (Å²) in [5, 5.41) is 9.75. The first kappa shape index (κ1) is 13.7. The van der Waals surface area contributed by atoms with Crippen molar-refractivity contribution in [2.24, 2.45) is 17.6 Å². The van der Waals surface area contributed by atoms with Crippen molar-refractivity contribution in [1.82, 2.24) is 10.2 Å². The van der Waals surface area contributed by atoms with Gasteiger partial charge in [0.1, 0.15) is 0 Å². The molecule has 1 aromatic heterocycles. The van der Waals surface area contributed by atoms with Gasteiger partial charge in [0, 0.05) is 18.3 Å².